The first-order chi connectivity index (χ1) is 11.3. The smallest absolute Gasteiger partial charge is 0.321 e. The molecule has 1 aliphatic heterocycles. The number of anilines is 1. The van der Waals surface area contributed by atoms with Gasteiger partial charge in [-0.25, -0.2) is 22.3 Å². The molecule has 1 atom stereocenters. The van der Waals surface area contributed by atoms with Crippen LogP contribution in [0.25, 0.3) is 0 Å². The lowest BCUT2D eigenvalue weighted by Crippen LogP contribution is -2.46. The third kappa shape index (κ3) is 5.17. The average molecular weight is 357 g/mol. The Morgan fingerprint density at radius 2 is 2.17 bits per heavy atom. The second-order valence-electron chi connectivity index (χ2n) is 6.34. The molecule has 0 spiro atoms. The molecule has 0 radical (unpaired) electrons. The van der Waals surface area contributed by atoms with Gasteiger partial charge in [0.1, 0.15) is 5.82 Å². The average Bonchev–Trinajstić information content (AvgIpc) is 2.53. The molecule has 24 heavy (non-hydrogen) atoms. The van der Waals surface area contributed by atoms with Gasteiger partial charge in [0, 0.05) is 25.3 Å². The summed E-state index contributed by atoms with van der Waals surface area (Å²) in [7, 11) is -3.30. The Bertz CT molecular complexity index is 679. The maximum atomic E-state index is 13.2. The molecule has 1 fully saturated rings. The molecular weight excluding hydrogens is 333 g/mol. The van der Waals surface area contributed by atoms with E-state index < -0.39 is 21.1 Å². The molecule has 1 aromatic carbocycles. The van der Waals surface area contributed by atoms with Crippen LogP contribution in [0.4, 0.5) is 14.9 Å². The van der Waals surface area contributed by atoms with Gasteiger partial charge in [-0.05, 0) is 50.8 Å². The summed E-state index contributed by atoms with van der Waals surface area (Å²) in [5, 5.41) is 2.19. The van der Waals surface area contributed by atoms with Crippen LogP contribution in [-0.2, 0) is 10.0 Å². The van der Waals surface area contributed by atoms with E-state index in [4.69, 9.17) is 0 Å². The number of hydrogen-bond acceptors (Lipinski definition) is 3. The summed E-state index contributed by atoms with van der Waals surface area (Å²) in [5.41, 5.74) is 0.405. The molecule has 0 unspecified atom stereocenters. The van der Waals surface area contributed by atoms with E-state index in [0.717, 1.165) is 12.8 Å². The highest BCUT2D eigenvalue weighted by Gasteiger charge is 2.25. The monoisotopic (exact) mass is 357 g/mol. The molecule has 2 amide bonds. The van der Waals surface area contributed by atoms with Gasteiger partial charge in [0.25, 0.3) is 0 Å². The van der Waals surface area contributed by atoms with E-state index in [0.29, 0.717) is 25.3 Å². The molecule has 1 aromatic rings. The van der Waals surface area contributed by atoms with Crippen molar-refractivity contribution in [1.82, 2.24) is 9.62 Å². The minimum atomic E-state index is -3.30. The van der Waals surface area contributed by atoms with Crippen molar-refractivity contribution in [2.75, 3.05) is 25.0 Å². The van der Waals surface area contributed by atoms with Crippen molar-refractivity contribution in [2.24, 2.45) is 5.92 Å². The van der Waals surface area contributed by atoms with E-state index in [2.05, 4.69) is 10.0 Å². The van der Waals surface area contributed by atoms with Gasteiger partial charge in [0.05, 0.1) is 5.25 Å². The van der Waals surface area contributed by atoms with Gasteiger partial charge in [-0.2, -0.15) is 0 Å². The summed E-state index contributed by atoms with van der Waals surface area (Å²) in [6.07, 6.45) is 1.68. The third-order valence-corrected chi connectivity index (χ3v) is 5.89. The van der Waals surface area contributed by atoms with Crippen LogP contribution in [0.1, 0.15) is 26.7 Å². The Morgan fingerprint density at radius 1 is 1.42 bits per heavy atom. The Balaban J connectivity index is 1.89. The van der Waals surface area contributed by atoms with E-state index in [1.807, 2.05) is 0 Å². The van der Waals surface area contributed by atoms with Gasteiger partial charge in [-0.3, -0.25) is 0 Å². The number of nitrogens with one attached hydrogen (secondary N) is 2. The highest BCUT2D eigenvalue weighted by Crippen LogP contribution is 2.18. The SMILES string of the molecule is CC(C)S(=O)(=O)NC[C@@H]1CCCN(C(=O)Nc2cccc(F)c2)C1. The highest BCUT2D eigenvalue weighted by molar-refractivity contribution is 7.90. The maximum Gasteiger partial charge on any atom is 0.321 e. The Kier molecular flexibility index (Phi) is 6.17. The number of rotatable bonds is 5. The molecular formula is C16H24FN3O3S. The number of halogens is 1. The lowest BCUT2D eigenvalue weighted by molar-refractivity contribution is 0.178. The topological polar surface area (TPSA) is 78.5 Å². The number of likely N-dealkylation sites (tertiary alicyclic amines) is 1. The molecule has 2 rings (SSSR count). The first kappa shape index (κ1) is 18.7. The quantitative estimate of drug-likeness (QED) is 0.849. The van der Waals surface area contributed by atoms with Crippen molar-refractivity contribution in [1.29, 1.82) is 0 Å². The Labute approximate surface area is 142 Å². The van der Waals surface area contributed by atoms with E-state index >= 15 is 0 Å². The summed E-state index contributed by atoms with van der Waals surface area (Å²) in [4.78, 5) is 13.9. The van der Waals surface area contributed by atoms with Crippen molar-refractivity contribution in [3.05, 3.63) is 30.1 Å². The van der Waals surface area contributed by atoms with E-state index in [9.17, 15) is 17.6 Å². The normalized spacial score (nSPS) is 18.7. The molecule has 2 N–H and O–H groups in total. The molecule has 0 aliphatic carbocycles. The zero-order chi connectivity index (χ0) is 17.7. The van der Waals surface area contributed by atoms with Crippen molar-refractivity contribution >= 4 is 21.7 Å². The van der Waals surface area contributed by atoms with Crippen LogP contribution in [-0.4, -0.2) is 44.2 Å². The largest absolute Gasteiger partial charge is 0.324 e. The van der Waals surface area contributed by atoms with Gasteiger partial charge in [0.15, 0.2) is 0 Å². The van der Waals surface area contributed by atoms with Gasteiger partial charge >= 0.3 is 6.03 Å². The van der Waals surface area contributed by atoms with Crippen molar-refractivity contribution < 1.29 is 17.6 Å². The van der Waals surface area contributed by atoms with Crippen LogP contribution in [0.2, 0.25) is 0 Å². The Morgan fingerprint density at radius 3 is 2.83 bits per heavy atom. The van der Waals surface area contributed by atoms with E-state index in [1.165, 1.54) is 18.2 Å². The molecule has 0 bridgehead atoms. The lowest BCUT2D eigenvalue weighted by Gasteiger charge is -2.33. The number of nitrogens with zero attached hydrogens (tertiary/aromatic N) is 1. The van der Waals surface area contributed by atoms with Crippen LogP contribution < -0.4 is 10.0 Å². The summed E-state index contributed by atoms with van der Waals surface area (Å²) < 4.78 is 39.4. The van der Waals surface area contributed by atoms with Gasteiger partial charge in [0.2, 0.25) is 10.0 Å². The molecule has 1 saturated heterocycles. The number of carbonyl (C=O) groups is 1. The lowest BCUT2D eigenvalue weighted by atomic mass is 9.99. The van der Waals surface area contributed by atoms with Crippen LogP contribution in [0.15, 0.2) is 24.3 Å². The highest BCUT2D eigenvalue weighted by atomic mass is 32.2. The second kappa shape index (κ2) is 7.94. The molecule has 134 valence electrons. The van der Waals surface area contributed by atoms with E-state index in [1.54, 1.807) is 24.8 Å². The maximum absolute atomic E-state index is 13.2. The van der Waals surface area contributed by atoms with Crippen LogP contribution >= 0.6 is 0 Å². The minimum Gasteiger partial charge on any atom is -0.324 e. The summed E-state index contributed by atoms with van der Waals surface area (Å²) in [5.74, 6) is -0.335. The fourth-order valence-electron chi connectivity index (χ4n) is 2.59. The molecule has 8 heteroatoms. The fourth-order valence-corrected chi connectivity index (χ4v) is 3.39. The standard InChI is InChI=1S/C16H24FN3O3S/c1-12(2)24(22,23)18-10-13-5-4-8-20(11-13)16(21)19-15-7-3-6-14(17)9-15/h3,6-7,9,12-13,18H,4-5,8,10-11H2,1-2H3,(H,19,21)/t13-/m0/s1. The van der Waals surface area contributed by atoms with E-state index in [-0.39, 0.29) is 11.9 Å². The van der Waals surface area contributed by atoms with Crippen LogP contribution in [0, 0.1) is 11.7 Å². The second-order valence-corrected chi connectivity index (χ2v) is 8.66. The summed E-state index contributed by atoms with van der Waals surface area (Å²) in [6.45, 7) is 4.66. The molecule has 0 aromatic heterocycles. The predicted octanol–water partition coefficient (Wildman–Crippen LogP) is 2.40. The molecule has 1 aliphatic rings. The van der Waals surface area contributed by atoms with Gasteiger partial charge in [-0.1, -0.05) is 6.07 Å². The number of hydrogen-bond donors (Lipinski definition) is 2. The zero-order valence-electron chi connectivity index (χ0n) is 14.0. The van der Waals surface area contributed by atoms with Crippen LogP contribution in [0.5, 0.6) is 0 Å². The predicted molar refractivity (Wildman–Crippen MR) is 91.8 cm³/mol. The number of amides is 2. The summed E-state index contributed by atoms with van der Waals surface area (Å²) in [6, 6.07) is 5.44. The number of carbonyl (C=O) groups excluding carboxylic acids is 1. The van der Waals surface area contributed by atoms with Crippen molar-refractivity contribution in [3.8, 4) is 0 Å². The fraction of sp³-hybridized carbons (Fsp3) is 0.562. The zero-order valence-corrected chi connectivity index (χ0v) is 14.8. The number of benzene rings is 1. The number of piperidine rings is 1. The molecule has 6 nitrogen and oxygen atoms in total. The summed E-state index contributed by atoms with van der Waals surface area (Å²) >= 11 is 0. The van der Waals surface area contributed by atoms with Crippen LogP contribution in [0.3, 0.4) is 0 Å². The molecule has 0 saturated carbocycles. The van der Waals surface area contributed by atoms with Crippen molar-refractivity contribution in [2.45, 2.75) is 31.9 Å². The number of urea groups is 1. The first-order valence-corrected chi connectivity index (χ1v) is 9.62. The molecule has 1 heterocycles. The first-order valence-electron chi connectivity index (χ1n) is 8.08. The van der Waals surface area contributed by atoms with Crippen molar-refractivity contribution in [3.63, 3.8) is 0 Å². The number of sulfonamides is 1. The minimum absolute atomic E-state index is 0.0746. The third-order valence-electron chi connectivity index (χ3n) is 4.08. The Hall–Kier alpha value is -1.67. The van der Waals surface area contributed by atoms with Gasteiger partial charge in [-0.15, -0.1) is 0 Å². The van der Waals surface area contributed by atoms with Gasteiger partial charge < -0.3 is 10.2 Å².